The van der Waals surface area contributed by atoms with Crippen molar-refractivity contribution in [1.82, 2.24) is 14.9 Å². The molecule has 0 fully saturated rings. The molecule has 96 valence electrons. The van der Waals surface area contributed by atoms with E-state index in [0.717, 1.165) is 11.3 Å². The van der Waals surface area contributed by atoms with Crippen molar-refractivity contribution in [2.45, 2.75) is 13.1 Å². The first-order chi connectivity index (χ1) is 9.28. The zero-order valence-electron chi connectivity index (χ0n) is 10.5. The minimum atomic E-state index is -0.0341. The lowest BCUT2D eigenvalue weighted by Gasteiger charge is -2.14. The van der Waals surface area contributed by atoms with Crippen LogP contribution >= 0.6 is 0 Å². The maximum absolute atomic E-state index is 12.3. The van der Waals surface area contributed by atoms with Gasteiger partial charge in [0.1, 0.15) is 0 Å². The van der Waals surface area contributed by atoms with Crippen LogP contribution in [0.2, 0.25) is 0 Å². The molecule has 0 bridgehead atoms. The van der Waals surface area contributed by atoms with E-state index in [0.29, 0.717) is 24.5 Å². The van der Waals surface area contributed by atoms with Gasteiger partial charge in [-0.3, -0.25) is 9.78 Å². The van der Waals surface area contributed by atoms with E-state index >= 15 is 0 Å². The number of carbonyl (C=O) groups excluding carboxylic acids is 1. The summed E-state index contributed by atoms with van der Waals surface area (Å²) in [6, 6.07) is 7.31. The number of carbonyl (C=O) groups is 1. The van der Waals surface area contributed by atoms with Gasteiger partial charge in [0.25, 0.3) is 5.91 Å². The average molecular weight is 255 g/mol. The molecule has 0 unspecified atom stereocenters. The summed E-state index contributed by atoms with van der Waals surface area (Å²) >= 11 is 0. The van der Waals surface area contributed by atoms with Crippen molar-refractivity contribution in [3.63, 3.8) is 0 Å². The van der Waals surface area contributed by atoms with Gasteiger partial charge in [0.2, 0.25) is 5.88 Å². The van der Waals surface area contributed by atoms with Gasteiger partial charge in [-0.2, -0.15) is 0 Å². The second-order valence-corrected chi connectivity index (χ2v) is 4.36. The van der Waals surface area contributed by atoms with E-state index in [4.69, 9.17) is 4.74 Å². The van der Waals surface area contributed by atoms with E-state index in [1.165, 1.54) is 6.20 Å². The Balaban J connectivity index is 1.79. The van der Waals surface area contributed by atoms with Crippen molar-refractivity contribution in [3.8, 4) is 5.88 Å². The summed E-state index contributed by atoms with van der Waals surface area (Å²) in [5.74, 6) is 0.469. The fourth-order valence-corrected chi connectivity index (χ4v) is 2.15. The fraction of sp³-hybridized carbons (Fsp3) is 0.214. The van der Waals surface area contributed by atoms with Crippen molar-refractivity contribution < 1.29 is 9.53 Å². The first-order valence-electron chi connectivity index (χ1n) is 6.00. The van der Waals surface area contributed by atoms with Gasteiger partial charge in [-0.15, -0.1) is 0 Å². The van der Waals surface area contributed by atoms with Crippen molar-refractivity contribution in [3.05, 3.63) is 53.5 Å². The second-order valence-electron chi connectivity index (χ2n) is 4.36. The van der Waals surface area contributed by atoms with E-state index < -0.39 is 0 Å². The Morgan fingerprint density at radius 1 is 1.26 bits per heavy atom. The molecule has 0 atom stereocenters. The van der Waals surface area contributed by atoms with Crippen molar-refractivity contribution in [1.29, 1.82) is 0 Å². The smallest absolute Gasteiger partial charge is 0.256 e. The minimum absolute atomic E-state index is 0.0341. The van der Waals surface area contributed by atoms with Crippen LogP contribution in [0.25, 0.3) is 0 Å². The highest BCUT2D eigenvalue weighted by Gasteiger charge is 2.24. The fourth-order valence-electron chi connectivity index (χ4n) is 2.15. The third-order valence-corrected chi connectivity index (χ3v) is 3.17. The number of methoxy groups -OCH3 is 1. The summed E-state index contributed by atoms with van der Waals surface area (Å²) in [6.45, 7) is 1.16. The number of hydrogen-bond donors (Lipinski definition) is 0. The molecule has 0 saturated heterocycles. The Morgan fingerprint density at radius 3 is 2.84 bits per heavy atom. The molecule has 0 spiro atoms. The number of aromatic nitrogens is 2. The highest BCUT2D eigenvalue weighted by atomic mass is 16.5. The lowest BCUT2D eigenvalue weighted by Crippen LogP contribution is -2.25. The van der Waals surface area contributed by atoms with Crippen molar-refractivity contribution in [2.75, 3.05) is 7.11 Å². The summed E-state index contributed by atoms with van der Waals surface area (Å²) in [4.78, 5) is 22.4. The molecule has 5 heteroatoms. The Hall–Kier alpha value is -2.43. The van der Waals surface area contributed by atoms with Gasteiger partial charge in [0, 0.05) is 25.0 Å². The summed E-state index contributed by atoms with van der Waals surface area (Å²) in [5.41, 5.74) is 2.64. The predicted molar refractivity (Wildman–Crippen MR) is 68.6 cm³/mol. The third kappa shape index (κ3) is 2.14. The van der Waals surface area contributed by atoms with Gasteiger partial charge in [-0.1, -0.05) is 6.07 Å². The molecule has 0 N–H and O–H groups in total. The Kier molecular flexibility index (Phi) is 2.87. The van der Waals surface area contributed by atoms with Gasteiger partial charge < -0.3 is 9.64 Å². The molecule has 19 heavy (non-hydrogen) atoms. The molecule has 0 aromatic carbocycles. The minimum Gasteiger partial charge on any atom is -0.481 e. The van der Waals surface area contributed by atoms with Gasteiger partial charge in [0.15, 0.2) is 0 Å². The highest BCUT2D eigenvalue weighted by Crippen LogP contribution is 2.22. The molecule has 2 aromatic heterocycles. The largest absolute Gasteiger partial charge is 0.481 e. The van der Waals surface area contributed by atoms with Crippen LogP contribution in [0, 0.1) is 0 Å². The first-order valence-corrected chi connectivity index (χ1v) is 6.00. The Labute approximate surface area is 110 Å². The molecule has 2 aromatic rings. The number of amides is 1. The van der Waals surface area contributed by atoms with Crippen LogP contribution in [-0.2, 0) is 13.1 Å². The van der Waals surface area contributed by atoms with E-state index in [9.17, 15) is 4.79 Å². The van der Waals surface area contributed by atoms with Crippen LogP contribution in [0.4, 0.5) is 0 Å². The number of rotatable bonds is 2. The normalized spacial score (nSPS) is 13.2. The van der Waals surface area contributed by atoms with Crippen molar-refractivity contribution in [2.24, 2.45) is 0 Å². The Bertz CT molecular complexity index is 585. The highest BCUT2D eigenvalue weighted by molar-refractivity contribution is 5.94. The maximum Gasteiger partial charge on any atom is 0.256 e. The lowest BCUT2D eigenvalue weighted by molar-refractivity contribution is 0.0750. The molecular formula is C14H13N3O2. The topological polar surface area (TPSA) is 55.3 Å². The molecule has 0 saturated carbocycles. The predicted octanol–water partition coefficient (Wildman–Crippen LogP) is 1.64. The zero-order chi connectivity index (χ0) is 13.2. The molecule has 1 amide bonds. The average Bonchev–Trinajstić information content (AvgIpc) is 2.90. The summed E-state index contributed by atoms with van der Waals surface area (Å²) < 4.78 is 4.98. The van der Waals surface area contributed by atoms with Crippen molar-refractivity contribution >= 4 is 5.91 Å². The molecule has 5 nitrogen and oxygen atoms in total. The number of nitrogens with zero attached hydrogens (tertiary/aromatic N) is 3. The van der Waals surface area contributed by atoms with Crippen LogP contribution in [0.3, 0.4) is 0 Å². The van der Waals surface area contributed by atoms with Gasteiger partial charge in [-0.05, 0) is 17.7 Å². The maximum atomic E-state index is 12.3. The summed E-state index contributed by atoms with van der Waals surface area (Å²) in [7, 11) is 1.55. The van der Waals surface area contributed by atoms with E-state index in [1.807, 2.05) is 12.1 Å². The lowest BCUT2D eigenvalue weighted by atomic mass is 10.2. The molecule has 3 rings (SSSR count). The van der Waals surface area contributed by atoms with Crippen LogP contribution in [0.5, 0.6) is 5.88 Å². The molecule has 3 heterocycles. The number of ether oxygens (including phenoxy) is 1. The van der Waals surface area contributed by atoms with E-state index in [-0.39, 0.29) is 5.91 Å². The van der Waals surface area contributed by atoms with Gasteiger partial charge in [-0.25, -0.2) is 4.98 Å². The van der Waals surface area contributed by atoms with Crippen LogP contribution in [0.1, 0.15) is 21.6 Å². The third-order valence-electron chi connectivity index (χ3n) is 3.17. The standard InChI is InChI=1S/C14H13N3O2/c1-19-13-5-4-10(7-16-13)14(18)17-8-11-3-2-6-15-12(11)9-17/h2-7H,8-9H2,1H3. The molecule has 1 aliphatic heterocycles. The monoisotopic (exact) mass is 255 g/mol. The zero-order valence-corrected chi connectivity index (χ0v) is 10.5. The van der Waals surface area contributed by atoms with Gasteiger partial charge >= 0.3 is 0 Å². The first kappa shape index (κ1) is 11.6. The summed E-state index contributed by atoms with van der Waals surface area (Å²) in [6.07, 6.45) is 3.29. The second kappa shape index (κ2) is 4.68. The summed E-state index contributed by atoms with van der Waals surface area (Å²) in [5, 5.41) is 0. The van der Waals surface area contributed by atoms with E-state index in [1.54, 1.807) is 30.3 Å². The Morgan fingerprint density at radius 2 is 2.16 bits per heavy atom. The molecular weight excluding hydrogens is 242 g/mol. The quantitative estimate of drug-likeness (QED) is 0.818. The SMILES string of the molecule is COc1ccc(C(=O)N2Cc3cccnc3C2)cn1. The number of hydrogen-bond acceptors (Lipinski definition) is 4. The van der Waals surface area contributed by atoms with Gasteiger partial charge in [0.05, 0.1) is 24.9 Å². The molecule has 0 radical (unpaired) electrons. The van der Waals surface area contributed by atoms with Crippen LogP contribution in [-0.4, -0.2) is 27.9 Å². The van der Waals surface area contributed by atoms with Crippen LogP contribution < -0.4 is 4.74 Å². The number of pyridine rings is 2. The van der Waals surface area contributed by atoms with E-state index in [2.05, 4.69) is 9.97 Å². The molecule has 1 aliphatic rings. The number of fused-ring (bicyclic) bond motifs is 1. The molecule has 0 aliphatic carbocycles. The van der Waals surface area contributed by atoms with Crippen LogP contribution in [0.15, 0.2) is 36.7 Å².